The SMILES string of the molecule is CCC(C)c1ccc(C(=O)OCC(=O)O)cc1. The van der Waals surface area contributed by atoms with Crippen LogP contribution in [0.1, 0.15) is 42.1 Å². The molecule has 4 nitrogen and oxygen atoms in total. The summed E-state index contributed by atoms with van der Waals surface area (Å²) in [6.45, 7) is 3.60. The van der Waals surface area contributed by atoms with Crippen LogP contribution in [0.4, 0.5) is 0 Å². The van der Waals surface area contributed by atoms with Crippen molar-refractivity contribution in [1.82, 2.24) is 0 Å². The van der Waals surface area contributed by atoms with E-state index in [1.165, 1.54) is 0 Å². The average molecular weight is 236 g/mol. The Bertz CT molecular complexity index is 394. The summed E-state index contributed by atoms with van der Waals surface area (Å²) < 4.78 is 4.58. The maximum atomic E-state index is 11.4. The fourth-order valence-electron chi connectivity index (χ4n) is 1.39. The summed E-state index contributed by atoms with van der Waals surface area (Å²) in [6, 6.07) is 7.05. The van der Waals surface area contributed by atoms with E-state index in [9.17, 15) is 9.59 Å². The van der Waals surface area contributed by atoms with Crippen LogP contribution in [-0.2, 0) is 9.53 Å². The molecule has 0 fully saturated rings. The van der Waals surface area contributed by atoms with Gasteiger partial charge in [0.25, 0.3) is 0 Å². The van der Waals surface area contributed by atoms with Gasteiger partial charge in [0.1, 0.15) is 0 Å². The molecule has 0 radical (unpaired) electrons. The van der Waals surface area contributed by atoms with Gasteiger partial charge in [0.15, 0.2) is 6.61 Å². The highest BCUT2D eigenvalue weighted by molar-refractivity contribution is 5.90. The number of carboxylic acid groups (broad SMARTS) is 1. The molecule has 17 heavy (non-hydrogen) atoms. The Morgan fingerprint density at radius 3 is 2.35 bits per heavy atom. The van der Waals surface area contributed by atoms with Crippen molar-refractivity contribution in [3.8, 4) is 0 Å². The fourth-order valence-corrected chi connectivity index (χ4v) is 1.39. The lowest BCUT2D eigenvalue weighted by atomic mass is 9.98. The highest BCUT2D eigenvalue weighted by Crippen LogP contribution is 2.18. The van der Waals surface area contributed by atoms with Crippen LogP contribution in [0.3, 0.4) is 0 Å². The number of hydrogen-bond acceptors (Lipinski definition) is 3. The van der Waals surface area contributed by atoms with E-state index in [0.29, 0.717) is 11.5 Å². The van der Waals surface area contributed by atoms with Gasteiger partial charge in [-0.3, -0.25) is 0 Å². The van der Waals surface area contributed by atoms with Crippen molar-refractivity contribution in [3.05, 3.63) is 35.4 Å². The quantitative estimate of drug-likeness (QED) is 0.797. The van der Waals surface area contributed by atoms with Crippen LogP contribution in [0.5, 0.6) is 0 Å². The molecule has 0 aliphatic heterocycles. The Hall–Kier alpha value is -1.84. The van der Waals surface area contributed by atoms with Crippen molar-refractivity contribution in [2.45, 2.75) is 26.2 Å². The summed E-state index contributed by atoms with van der Waals surface area (Å²) >= 11 is 0. The van der Waals surface area contributed by atoms with Crippen molar-refractivity contribution in [3.63, 3.8) is 0 Å². The number of aliphatic carboxylic acids is 1. The molecule has 4 heteroatoms. The van der Waals surface area contributed by atoms with Gasteiger partial charge in [-0.25, -0.2) is 9.59 Å². The molecule has 1 aromatic rings. The molecule has 0 aliphatic rings. The van der Waals surface area contributed by atoms with Crippen molar-refractivity contribution in [2.24, 2.45) is 0 Å². The van der Waals surface area contributed by atoms with Crippen LogP contribution in [0.25, 0.3) is 0 Å². The molecule has 0 amide bonds. The van der Waals surface area contributed by atoms with E-state index >= 15 is 0 Å². The molecule has 0 spiro atoms. The minimum Gasteiger partial charge on any atom is -0.479 e. The monoisotopic (exact) mass is 236 g/mol. The Kier molecular flexibility index (Phi) is 4.69. The largest absolute Gasteiger partial charge is 0.479 e. The third kappa shape index (κ3) is 3.90. The summed E-state index contributed by atoms with van der Waals surface area (Å²) in [4.78, 5) is 21.7. The summed E-state index contributed by atoms with van der Waals surface area (Å²) in [5.74, 6) is -1.32. The summed E-state index contributed by atoms with van der Waals surface area (Å²) in [5, 5.41) is 8.38. The lowest BCUT2D eigenvalue weighted by molar-refractivity contribution is -0.140. The summed E-state index contributed by atoms with van der Waals surface area (Å²) in [7, 11) is 0. The third-order valence-electron chi connectivity index (χ3n) is 2.65. The first-order chi connectivity index (χ1) is 8.04. The van der Waals surface area contributed by atoms with Gasteiger partial charge < -0.3 is 9.84 Å². The zero-order chi connectivity index (χ0) is 12.8. The molecule has 1 atom stereocenters. The standard InChI is InChI=1S/C13H16O4/c1-3-9(2)10-4-6-11(7-5-10)13(16)17-8-12(14)15/h4-7,9H,3,8H2,1-2H3,(H,14,15). The van der Waals surface area contributed by atoms with E-state index in [2.05, 4.69) is 18.6 Å². The smallest absolute Gasteiger partial charge is 0.341 e. The maximum absolute atomic E-state index is 11.4. The van der Waals surface area contributed by atoms with Crippen LogP contribution < -0.4 is 0 Å². The van der Waals surface area contributed by atoms with E-state index in [1.807, 2.05) is 12.1 Å². The van der Waals surface area contributed by atoms with Crippen LogP contribution in [0.15, 0.2) is 24.3 Å². The Labute approximate surface area is 100 Å². The molecule has 1 N–H and O–H groups in total. The van der Waals surface area contributed by atoms with Crippen molar-refractivity contribution in [1.29, 1.82) is 0 Å². The molecule has 0 heterocycles. The van der Waals surface area contributed by atoms with Gasteiger partial charge in [0.05, 0.1) is 5.56 Å². The maximum Gasteiger partial charge on any atom is 0.341 e. The van der Waals surface area contributed by atoms with Gasteiger partial charge in [-0.2, -0.15) is 0 Å². The minimum atomic E-state index is -1.16. The topological polar surface area (TPSA) is 63.6 Å². The van der Waals surface area contributed by atoms with Gasteiger partial charge in [-0.05, 0) is 30.0 Å². The number of esters is 1. The average Bonchev–Trinajstić information content (AvgIpc) is 2.35. The van der Waals surface area contributed by atoms with Gasteiger partial charge in [0, 0.05) is 0 Å². The van der Waals surface area contributed by atoms with Crippen LogP contribution in [0, 0.1) is 0 Å². The Morgan fingerprint density at radius 2 is 1.88 bits per heavy atom. The second kappa shape index (κ2) is 6.03. The van der Waals surface area contributed by atoms with E-state index in [0.717, 1.165) is 12.0 Å². The van der Waals surface area contributed by atoms with Crippen molar-refractivity contribution >= 4 is 11.9 Å². The summed E-state index contributed by atoms with van der Waals surface area (Å²) in [6.07, 6.45) is 1.03. The number of hydrogen-bond donors (Lipinski definition) is 1. The van der Waals surface area contributed by atoms with Crippen molar-refractivity contribution in [2.75, 3.05) is 6.61 Å². The Balaban J connectivity index is 2.67. The molecule has 1 unspecified atom stereocenters. The van der Waals surface area contributed by atoms with Crippen LogP contribution in [-0.4, -0.2) is 23.7 Å². The van der Waals surface area contributed by atoms with Crippen LogP contribution in [0.2, 0.25) is 0 Å². The van der Waals surface area contributed by atoms with E-state index in [4.69, 9.17) is 5.11 Å². The number of ether oxygens (including phenoxy) is 1. The van der Waals surface area contributed by atoms with Gasteiger partial charge in [0.2, 0.25) is 0 Å². The number of rotatable bonds is 5. The number of carboxylic acids is 1. The molecule has 0 bridgehead atoms. The number of carbonyl (C=O) groups is 2. The Morgan fingerprint density at radius 1 is 1.29 bits per heavy atom. The van der Waals surface area contributed by atoms with E-state index < -0.39 is 18.5 Å². The molecule has 1 rings (SSSR count). The first-order valence-corrected chi connectivity index (χ1v) is 5.53. The third-order valence-corrected chi connectivity index (χ3v) is 2.65. The summed E-state index contributed by atoms with van der Waals surface area (Å²) in [5.41, 5.74) is 1.53. The molecule has 92 valence electrons. The predicted octanol–water partition coefficient (Wildman–Crippen LogP) is 2.44. The molecule has 1 aromatic carbocycles. The molecule has 0 saturated carbocycles. The van der Waals surface area contributed by atoms with Gasteiger partial charge >= 0.3 is 11.9 Å². The van der Waals surface area contributed by atoms with E-state index in [-0.39, 0.29) is 0 Å². The van der Waals surface area contributed by atoms with E-state index in [1.54, 1.807) is 12.1 Å². The van der Waals surface area contributed by atoms with Crippen LogP contribution >= 0.6 is 0 Å². The minimum absolute atomic E-state index is 0.373. The predicted molar refractivity (Wildman–Crippen MR) is 63.1 cm³/mol. The number of carbonyl (C=O) groups excluding carboxylic acids is 1. The highest BCUT2D eigenvalue weighted by Gasteiger charge is 2.10. The van der Waals surface area contributed by atoms with Crippen molar-refractivity contribution < 1.29 is 19.4 Å². The lowest BCUT2D eigenvalue weighted by Gasteiger charge is -2.09. The second-order valence-electron chi connectivity index (χ2n) is 3.90. The van der Waals surface area contributed by atoms with Gasteiger partial charge in [-0.15, -0.1) is 0 Å². The lowest BCUT2D eigenvalue weighted by Crippen LogP contribution is -2.13. The molecule has 0 aromatic heterocycles. The normalized spacial score (nSPS) is 11.9. The molecular weight excluding hydrogens is 220 g/mol. The highest BCUT2D eigenvalue weighted by atomic mass is 16.5. The molecule has 0 saturated heterocycles. The second-order valence-corrected chi connectivity index (χ2v) is 3.90. The number of benzene rings is 1. The fraction of sp³-hybridized carbons (Fsp3) is 0.385. The first-order valence-electron chi connectivity index (χ1n) is 5.53. The molecular formula is C13H16O4. The zero-order valence-corrected chi connectivity index (χ0v) is 9.97. The first kappa shape index (κ1) is 13.2. The molecule has 0 aliphatic carbocycles. The van der Waals surface area contributed by atoms with Gasteiger partial charge in [-0.1, -0.05) is 26.0 Å². The zero-order valence-electron chi connectivity index (χ0n) is 9.97.